The fourth-order valence-corrected chi connectivity index (χ4v) is 3.40. The lowest BCUT2D eigenvalue weighted by Crippen LogP contribution is -2.30. The molecule has 0 aliphatic heterocycles. The van der Waals surface area contributed by atoms with Gasteiger partial charge in [0.05, 0.1) is 14.2 Å². The van der Waals surface area contributed by atoms with Crippen LogP contribution in [-0.4, -0.2) is 30.3 Å². The average molecular weight is 450 g/mol. The average Bonchev–Trinajstić information content (AvgIpc) is 3.33. The van der Waals surface area contributed by atoms with Crippen molar-refractivity contribution in [2.24, 2.45) is 0 Å². The first-order valence-corrected chi connectivity index (χ1v) is 10.1. The van der Waals surface area contributed by atoms with Crippen molar-refractivity contribution in [1.82, 2.24) is 15.5 Å². The van der Waals surface area contributed by atoms with E-state index in [0.717, 1.165) is 11.1 Å². The zero-order chi connectivity index (χ0) is 22.5. The molecular weight excluding hydrogens is 430 g/mol. The summed E-state index contributed by atoms with van der Waals surface area (Å²) in [6.07, 6.45) is 0. The molecular formula is C24H20ClN3O4. The molecule has 4 aromatic rings. The van der Waals surface area contributed by atoms with Crippen LogP contribution in [0.25, 0.3) is 11.5 Å². The van der Waals surface area contributed by atoms with Crippen LogP contribution in [0.2, 0.25) is 5.02 Å². The minimum Gasteiger partial charge on any atom is -0.496 e. The van der Waals surface area contributed by atoms with Gasteiger partial charge in [-0.05, 0) is 42.0 Å². The number of carbonyl (C=O) groups is 1. The highest BCUT2D eigenvalue weighted by molar-refractivity contribution is 6.30. The van der Waals surface area contributed by atoms with E-state index in [1.165, 1.54) is 14.2 Å². The van der Waals surface area contributed by atoms with E-state index >= 15 is 0 Å². The Morgan fingerprint density at radius 1 is 0.906 bits per heavy atom. The van der Waals surface area contributed by atoms with Gasteiger partial charge in [0.25, 0.3) is 5.91 Å². The second kappa shape index (κ2) is 9.53. The van der Waals surface area contributed by atoms with Crippen LogP contribution in [0.1, 0.15) is 27.9 Å². The molecule has 1 atom stereocenters. The fourth-order valence-electron chi connectivity index (χ4n) is 3.27. The lowest BCUT2D eigenvalue weighted by Gasteiger charge is -2.18. The molecule has 0 aliphatic carbocycles. The molecule has 32 heavy (non-hydrogen) atoms. The Kier molecular flexibility index (Phi) is 6.37. The molecule has 0 saturated carbocycles. The second-order valence-electron chi connectivity index (χ2n) is 6.81. The van der Waals surface area contributed by atoms with Gasteiger partial charge >= 0.3 is 0 Å². The van der Waals surface area contributed by atoms with Crippen molar-refractivity contribution in [2.45, 2.75) is 6.04 Å². The zero-order valence-corrected chi connectivity index (χ0v) is 18.2. The van der Waals surface area contributed by atoms with Gasteiger partial charge in [-0.15, -0.1) is 10.2 Å². The van der Waals surface area contributed by atoms with Crippen molar-refractivity contribution in [1.29, 1.82) is 0 Å². The highest BCUT2D eigenvalue weighted by Gasteiger charge is 2.27. The Hall–Kier alpha value is -3.84. The first kappa shape index (κ1) is 21.4. The number of methoxy groups -OCH3 is 2. The maximum atomic E-state index is 13.3. The van der Waals surface area contributed by atoms with E-state index in [-0.39, 0.29) is 11.5 Å². The first-order chi connectivity index (χ1) is 15.6. The number of nitrogens with one attached hydrogen (secondary N) is 1. The van der Waals surface area contributed by atoms with E-state index in [0.29, 0.717) is 22.4 Å². The molecule has 162 valence electrons. The number of amides is 1. The Bertz CT molecular complexity index is 1190. The minimum atomic E-state index is -0.723. The molecule has 8 heteroatoms. The molecule has 0 fully saturated rings. The molecule has 0 unspecified atom stereocenters. The number of carbonyl (C=O) groups excluding carboxylic acids is 1. The number of rotatable bonds is 7. The van der Waals surface area contributed by atoms with Crippen LogP contribution in [0.15, 0.2) is 77.2 Å². The van der Waals surface area contributed by atoms with Crippen molar-refractivity contribution in [3.63, 3.8) is 0 Å². The van der Waals surface area contributed by atoms with Crippen molar-refractivity contribution >= 4 is 17.5 Å². The summed E-state index contributed by atoms with van der Waals surface area (Å²) in [5.41, 5.74) is 1.76. The number of halogens is 1. The summed E-state index contributed by atoms with van der Waals surface area (Å²) in [7, 11) is 2.98. The monoisotopic (exact) mass is 449 g/mol. The van der Waals surface area contributed by atoms with Crippen LogP contribution in [0, 0.1) is 0 Å². The van der Waals surface area contributed by atoms with Gasteiger partial charge in [-0.1, -0.05) is 48.0 Å². The quantitative estimate of drug-likeness (QED) is 0.430. The highest BCUT2D eigenvalue weighted by Crippen LogP contribution is 2.31. The molecule has 4 rings (SSSR count). The van der Waals surface area contributed by atoms with Gasteiger partial charge in [0.1, 0.15) is 23.1 Å². The summed E-state index contributed by atoms with van der Waals surface area (Å²) < 4.78 is 16.7. The Morgan fingerprint density at radius 2 is 1.56 bits per heavy atom. The van der Waals surface area contributed by atoms with Gasteiger partial charge in [-0.3, -0.25) is 4.79 Å². The smallest absolute Gasteiger partial charge is 0.259 e. The lowest BCUT2D eigenvalue weighted by molar-refractivity contribution is 0.0931. The van der Waals surface area contributed by atoms with Crippen molar-refractivity contribution < 1.29 is 18.7 Å². The maximum Gasteiger partial charge on any atom is 0.259 e. The Morgan fingerprint density at radius 3 is 2.19 bits per heavy atom. The number of aromatic nitrogens is 2. The lowest BCUT2D eigenvalue weighted by atomic mass is 10.1. The number of ether oxygens (including phenoxy) is 2. The largest absolute Gasteiger partial charge is 0.496 e. The van der Waals surface area contributed by atoms with Gasteiger partial charge in [-0.2, -0.15) is 0 Å². The van der Waals surface area contributed by atoms with Gasteiger partial charge in [0.15, 0.2) is 0 Å². The molecule has 1 aromatic heterocycles. The third-order valence-electron chi connectivity index (χ3n) is 4.84. The highest BCUT2D eigenvalue weighted by atomic mass is 35.5. The third-order valence-corrected chi connectivity index (χ3v) is 5.09. The summed E-state index contributed by atoms with van der Waals surface area (Å²) in [5.74, 6) is 0.926. The van der Waals surface area contributed by atoms with Crippen LogP contribution < -0.4 is 14.8 Å². The molecule has 1 heterocycles. The standard InChI is InChI=1S/C24H20ClN3O4/c1-30-18-9-6-10-19(31-2)20(18)22(29)26-21(15-11-13-17(25)14-12-15)24-28-27-23(32-24)16-7-4-3-5-8-16/h3-14,21H,1-2H3,(H,26,29)/t21-/m0/s1. The number of nitrogens with zero attached hydrogens (tertiary/aromatic N) is 2. The van der Waals surface area contributed by atoms with Crippen molar-refractivity contribution in [2.75, 3.05) is 14.2 Å². The molecule has 3 aromatic carbocycles. The van der Waals surface area contributed by atoms with Crippen LogP contribution in [-0.2, 0) is 0 Å². The number of benzene rings is 3. The zero-order valence-electron chi connectivity index (χ0n) is 17.4. The van der Waals surface area contributed by atoms with Crippen LogP contribution in [0.3, 0.4) is 0 Å². The molecule has 1 N–H and O–H groups in total. The number of hydrogen-bond acceptors (Lipinski definition) is 6. The summed E-state index contributed by atoms with van der Waals surface area (Å²) in [6.45, 7) is 0. The molecule has 0 radical (unpaired) electrons. The Labute approximate surface area is 190 Å². The predicted molar refractivity (Wildman–Crippen MR) is 120 cm³/mol. The van der Waals surface area contributed by atoms with Crippen molar-refractivity contribution in [3.8, 4) is 23.0 Å². The van der Waals surface area contributed by atoms with E-state index in [4.69, 9.17) is 25.5 Å². The topological polar surface area (TPSA) is 86.5 Å². The molecule has 1 amide bonds. The minimum absolute atomic E-state index is 0.230. The summed E-state index contributed by atoms with van der Waals surface area (Å²) in [5, 5.41) is 11.9. The van der Waals surface area contributed by atoms with Gasteiger partial charge < -0.3 is 19.2 Å². The Balaban J connectivity index is 1.73. The van der Waals surface area contributed by atoms with Gasteiger partial charge in [0, 0.05) is 10.6 Å². The van der Waals surface area contributed by atoms with E-state index in [2.05, 4.69) is 15.5 Å². The first-order valence-electron chi connectivity index (χ1n) is 9.77. The van der Waals surface area contributed by atoms with E-state index < -0.39 is 11.9 Å². The maximum absolute atomic E-state index is 13.3. The normalized spacial score (nSPS) is 11.6. The summed E-state index contributed by atoms with van der Waals surface area (Å²) in [4.78, 5) is 13.3. The predicted octanol–water partition coefficient (Wildman–Crippen LogP) is 4.93. The molecule has 0 bridgehead atoms. The van der Waals surface area contributed by atoms with Gasteiger partial charge in [-0.25, -0.2) is 0 Å². The van der Waals surface area contributed by atoms with Crippen molar-refractivity contribution in [3.05, 3.63) is 94.8 Å². The van der Waals surface area contributed by atoms with E-state index in [9.17, 15) is 4.79 Å². The molecule has 0 saturated heterocycles. The molecule has 7 nitrogen and oxygen atoms in total. The third kappa shape index (κ3) is 4.43. The van der Waals surface area contributed by atoms with Crippen LogP contribution in [0.4, 0.5) is 0 Å². The number of hydrogen-bond donors (Lipinski definition) is 1. The van der Waals surface area contributed by atoms with Crippen LogP contribution in [0.5, 0.6) is 11.5 Å². The summed E-state index contributed by atoms with van der Waals surface area (Å²) in [6, 6.07) is 20.8. The molecule has 0 spiro atoms. The second-order valence-corrected chi connectivity index (χ2v) is 7.24. The summed E-state index contributed by atoms with van der Waals surface area (Å²) >= 11 is 6.06. The van der Waals surface area contributed by atoms with E-state index in [1.54, 1.807) is 42.5 Å². The fraction of sp³-hybridized carbons (Fsp3) is 0.125. The SMILES string of the molecule is COc1cccc(OC)c1C(=O)N[C@@H](c1ccc(Cl)cc1)c1nnc(-c2ccccc2)o1. The molecule has 0 aliphatic rings. The van der Waals surface area contributed by atoms with E-state index in [1.807, 2.05) is 30.3 Å². The van der Waals surface area contributed by atoms with Gasteiger partial charge in [0.2, 0.25) is 11.8 Å². The van der Waals surface area contributed by atoms with Crippen LogP contribution >= 0.6 is 11.6 Å².